The molecule has 0 bridgehead atoms. The first-order chi connectivity index (χ1) is 13.1. The van der Waals surface area contributed by atoms with Crippen molar-refractivity contribution in [3.05, 3.63) is 75.2 Å². The van der Waals surface area contributed by atoms with E-state index >= 15 is 0 Å². The zero-order valence-corrected chi connectivity index (χ0v) is 14.6. The fraction of sp³-hybridized carbons (Fsp3) is 0.263. The van der Waals surface area contributed by atoms with Gasteiger partial charge in [-0.1, -0.05) is 30.3 Å². The Labute approximate surface area is 154 Å². The Morgan fingerprint density at radius 2 is 2.00 bits per heavy atom. The summed E-state index contributed by atoms with van der Waals surface area (Å²) in [4.78, 5) is 25.0. The van der Waals surface area contributed by atoms with E-state index in [-0.39, 0.29) is 41.9 Å². The molecular weight excluding hydrogens is 354 g/mol. The van der Waals surface area contributed by atoms with Crippen LogP contribution in [0.4, 0.5) is 0 Å². The number of hydrogen-bond donors (Lipinski definition) is 2. The summed E-state index contributed by atoms with van der Waals surface area (Å²) in [6.07, 6.45) is 0. The predicted octanol–water partition coefficient (Wildman–Crippen LogP) is 1.02. The molecule has 3 rings (SSSR count). The average molecular weight is 373 g/mol. The molecule has 0 radical (unpaired) electrons. The summed E-state index contributed by atoms with van der Waals surface area (Å²) in [6, 6.07) is 10.0. The normalized spacial score (nSPS) is 15.9. The van der Waals surface area contributed by atoms with E-state index in [4.69, 9.17) is 24.4 Å². The Morgan fingerprint density at radius 3 is 2.67 bits per heavy atom. The number of benzene rings is 1. The molecule has 0 spiro atoms. The van der Waals surface area contributed by atoms with E-state index in [1.54, 1.807) is 24.3 Å². The van der Waals surface area contributed by atoms with Crippen LogP contribution in [0.15, 0.2) is 57.1 Å². The van der Waals surface area contributed by atoms with Crippen molar-refractivity contribution in [3.63, 3.8) is 0 Å². The van der Waals surface area contributed by atoms with Crippen LogP contribution in [-0.4, -0.2) is 31.4 Å². The number of methoxy groups -OCH3 is 1. The maximum absolute atomic E-state index is 12.7. The Bertz CT molecular complexity index is 917. The molecule has 0 unspecified atom stereocenters. The molecular formula is C19H19NO7. The maximum Gasteiger partial charge on any atom is 0.340 e. The van der Waals surface area contributed by atoms with Crippen LogP contribution in [0, 0.1) is 0 Å². The number of fused-ring (bicyclic) bond motifs is 1. The Hall–Kier alpha value is -3.10. The summed E-state index contributed by atoms with van der Waals surface area (Å²) in [5.41, 5.74) is 6.13. The highest BCUT2D eigenvalue weighted by molar-refractivity contribution is 5.92. The quantitative estimate of drug-likeness (QED) is 0.569. The minimum absolute atomic E-state index is 0.0167. The number of aliphatic hydroxyl groups excluding tert-OH is 1. The van der Waals surface area contributed by atoms with Gasteiger partial charge in [0, 0.05) is 13.2 Å². The van der Waals surface area contributed by atoms with Gasteiger partial charge in [-0.2, -0.15) is 0 Å². The fourth-order valence-corrected chi connectivity index (χ4v) is 2.83. The molecule has 1 aromatic carbocycles. The lowest BCUT2D eigenvalue weighted by atomic mass is 9.87. The molecule has 1 aliphatic heterocycles. The van der Waals surface area contributed by atoms with Gasteiger partial charge in [-0.25, -0.2) is 4.79 Å². The largest absolute Gasteiger partial charge is 0.460 e. The highest BCUT2D eigenvalue weighted by Crippen LogP contribution is 2.41. The summed E-state index contributed by atoms with van der Waals surface area (Å²) in [7, 11) is 1.49. The van der Waals surface area contributed by atoms with Crippen molar-refractivity contribution in [1.29, 1.82) is 0 Å². The first-order valence-corrected chi connectivity index (χ1v) is 8.23. The van der Waals surface area contributed by atoms with Crippen molar-refractivity contribution >= 4 is 5.97 Å². The molecule has 27 heavy (non-hydrogen) atoms. The Morgan fingerprint density at radius 1 is 1.26 bits per heavy atom. The summed E-state index contributed by atoms with van der Waals surface area (Å²) in [6.45, 7) is -0.228. The average Bonchev–Trinajstić information content (AvgIpc) is 2.68. The van der Waals surface area contributed by atoms with Crippen LogP contribution >= 0.6 is 0 Å². The van der Waals surface area contributed by atoms with Crippen LogP contribution in [-0.2, 0) is 20.9 Å². The SMILES string of the molecule is COCCOC(=O)C1=C(N)Oc2c(oc(CO)cc2=O)[C@H]1c1ccccc1. The molecule has 3 N–H and O–H groups in total. The van der Waals surface area contributed by atoms with Gasteiger partial charge in [-0.15, -0.1) is 0 Å². The zero-order chi connectivity index (χ0) is 19.4. The molecule has 142 valence electrons. The highest BCUT2D eigenvalue weighted by Gasteiger charge is 2.39. The van der Waals surface area contributed by atoms with Crippen molar-refractivity contribution < 1.29 is 28.5 Å². The molecule has 2 aromatic rings. The first kappa shape index (κ1) is 18.7. The molecule has 1 aromatic heterocycles. The maximum atomic E-state index is 12.7. The minimum Gasteiger partial charge on any atom is -0.460 e. The number of aliphatic hydroxyl groups is 1. The molecule has 0 saturated carbocycles. The van der Waals surface area contributed by atoms with E-state index in [0.717, 1.165) is 6.07 Å². The van der Waals surface area contributed by atoms with Crippen molar-refractivity contribution in [2.75, 3.05) is 20.3 Å². The lowest BCUT2D eigenvalue weighted by Gasteiger charge is -2.26. The molecule has 8 nitrogen and oxygen atoms in total. The van der Waals surface area contributed by atoms with Gasteiger partial charge in [-0.05, 0) is 5.56 Å². The van der Waals surface area contributed by atoms with E-state index in [0.29, 0.717) is 5.56 Å². The molecule has 0 fully saturated rings. The highest BCUT2D eigenvalue weighted by atomic mass is 16.6. The van der Waals surface area contributed by atoms with Gasteiger partial charge in [0.25, 0.3) is 0 Å². The second kappa shape index (κ2) is 8.07. The third kappa shape index (κ3) is 3.71. The molecule has 1 aliphatic rings. The molecule has 2 heterocycles. The molecule has 0 amide bonds. The van der Waals surface area contributed by atoms with E-state index in [9.17, 15) is 14.7 Å². The fourth-order valence-electron chi connectivity index (χ4n) is 2.83. The predicted molar refractivity (Wildman–Crippen MR) is 93.9 cm³/mol. The Kier molecular flexibility index (Phi) is 5.58. The number of rotatable bonds is 6. The van der Waals surface area contributed by atoms with E-state index in [1.165, 1.54) is 7.11 Å². The summed E-state index contributed by atoms with van der Waals surface area (Å²) in [5.74, 6) is -1.73. The van der Waals surface area contributed by atoms with Gasteiger partial charge in [0.1, 0.15) is 24.5 Å². The number of nitrogens with two attached hydrogens (primary N) is 1. The topological polar surface area (TPSA) is 121 Å². The number of ether oxygens (including phenoxy) is 3. The van der Waals surface area contributed by atoms with Crippen LogP contribution in [0.1, 0.15) is 23.0 Å². The van der Waals surface area contributed by atoms with Crippen molar-refractivity contribution in [3.8, 4) is 5.75 Å². The Balaban J connectivity index is 2.14. The smallest absolute Gasteiger partial charge is 0.340 e. The van der Waals surface area contributed by atoms with E-state index in [2.05, 4.69) is 0 Å². The van der Waals surface area contributed by atoms with Crippen LogP contribution in [0.25, 0.3) is 0 Å². The third-order valence-electron chi connectivity index (χ3n) is 4.04. The summed E-state index contributed by atoms with van der Waals surface area (Å²) in [5, 5.41) is 9.38. The van der Waals surface area contributed by atoms with Gasteiger partial charge in [0.2, 0.25) is 17.1 Å². The number of esters is 1. The monoisotopic (exact) mass is 373 g/mol. The van der Waals surface area contributed by atoms with Gasteiger partial charge in [0.05, 0.1) is 12.5 Å². The van der Waals surface area contributed by atoms with E-state index < -0.39 is 23.9 Å². The number of hydrogen-bond acceptors (Lipinski definition) is 8. The molecule has 8 heteroatoms. The molecule has 0 saturated heterocycles. The van der Waals surface area contributed by atoms with Gasteiger partial charge in [0.15, 0.2) is 5.76 Å². The number of carbonyl (C=O) groups excluding carboxylic acids is 1. The zero-order valence-electron chi connectivity index (χ0n) is 14.6. The van der Waals surface area contributed by atoms with Crippen molar-refractivity contribution in [1.82, 2.24) is 0 Å². The molecule has 1 atom stereocenters. The molecule has 0 aliphatic carbocycles. The van der Waals surface area contributed by atoms with Crippen LogP contribution < -0.4 is 15.9 Å². The lowest BCUT2D eigenvalue weighted by Crippen LogP contribution is -2.30. The third-order valence-corrected chi connectivity index (χ3v) is 4.04. The second-order valence-corrected chi connectivity index (χ2v) is 5.78. The van der Waals surface area contributed by atoms with Crippen molar-refractivity contribution in [2.24, 2.45) is 5.73 Å². The van der Waals surface area contributed by atoms with E-state index in [1.807, 2.05) is 6.07 Å². The summed E-state index contributed by atoms with van der Waals surface area (Å²) < 4.78 is 21.1. The summed E-state index contributed by atoms with van der Waals surface area (Å²) >= 11 is 0. The van der Waals surface area contributed by atoms with Gasteiger partial charge < -0.3 is 29.5 Å². The minimum atomic E-state index is -0.816. The number of carbonyl (C=O) groups is 1. The van der Waals surface area contributed by atoms with Crippen LogP contribution in [0.3, 0.4) is 0 Å². The lowest BCUT2D eigenvalue weighted by molar-refractivity contribution is -0.140. The van der Waals surface area contributed by atoms with Gasteiger partial charge in [-0.3, -0.25) is 4.79 Å². The van der Waals surface area contributed by atoms with Crippen LogP contribution in [0.5, 0.6) is 5.75 Å². The van der Waals surface area contributed by atoms with Crippen LogP contribution in [0.2, 0.25) is 0 Å². The first-order valence-electron chi connectivity index (χ1n) is 8.23. The van der Waals surface area contributed by atoms with Gasteiger partial charge >= 0.3 is 5.97 Å². The second-order valence-electron chi connectivity index (χ2n) is 5.78. The standard InChI is InChI=1S/C19H19NO7/c1-24-7-8-25-19(23)15-14(11-5-3-2-4-6-11)17-16(27-18(15)20)13(22)9-12(10-21)26-17/h2-6,9,14,21H,7-8,10,20H2,1H3/t14-/m0/s1. The van der Waals surface area contributed by atoms with Crippen molar-refractivity contribution in [2.45, 2.75) is 12.5 Å².